The average Bonchev–Trinajstić information content (AvgIpc) is 3.52. The molecule has 0 aromatic carbocycles. The number of aromatic nitrogens is 4. The van der Waals surface area contributed by atoms with Crippen LogP contribution in [0.15, 0.2) is 6.33 Å². The van der Waals surface area contributed by atoms with Crippen molar-refractivity contribution in [2.45, 2.75) is 69.6 Å². The number of piperidine rings is 1. The summed E-state index contributed by atoms with van der Waals surface area (Å²) in [6, 6.07) is 0.0901. The minimum atomic E-state index is -1.41. The SMILES string of the molecule is CCOC(=O)N1CCC(CC#Cc2nc(N)c3ncn(C4OC(C(=O)NC5CC5)[C@H](O)C4O)c3n2)CC1. The fourth-order valence-corrected chi connectivity index (χ4v) is 4.61. The molecule has 13 heteroatoms. The van der Waals surface area contributed by atoms with Gasteiger partial charge in [-0.1, -0.05) is 5.92 Å². The third kappa shape index (κ3) is 5.31. The normalized spacial score (nSPS) is 26.1. The van der Waals surface area contributed by atoms with Crippen LogP contribution < -0.4 is 11.1 Å². The molecule has 4 atom stereocenters. The summed E-state index contributed by atoms with van der Waals surface area (Å²) in [6.45, 7) is 3.42. The van der Waals surface area contributed by atoms with Gasteiger partial charge in [0, 0.05) is 25.6 Å². The Bertz CT molecular complexity index is 1230. The van der Waals surface area contributed by atoms with Gasteiger partial charge in [0.1, 0.15) is 17.7 Å². The van der Waals surface area contributed by atoms with Crippen LogP contribution in [-0.2, 0) is 14.3 Å². The summed E-state index contributed by atoms with van der Waals surface area (Å²) < 4.78 is 12.2. The quantitative estimate of drug-likeness (QED) is 0.395. The van der Waals surface area contributed by atoms with Gasteiger partial charge in [-0.15, -0.1) is 0 Å². The van der Waals surface area contributed by atoms with Gasteiger partial charge in [-0.3, -0.25) is 9.36 Å². The van der Waals surface area contributed by atoms with Crippen LogP contribution >= 0.6 is 0 Å². The Kier molecular flexibility index (Phi) is 7.14. The van der Waals surface area contributed by atoms with Crippen molar-refractivity contribution >= 4 is 29.0 Å². The minimum absolute atomic E-state index is 0.0901. The van der Waals surface area contributed by atoms with Crippen molar-refractivity contribution in [3.63, 3.8) is 0 Å². The molecule has 2 aromatic heterocycles. The molecule has 1 saturated carbocycles. The van der Waals surface area contributed by atoms with Crippen molar-refractivity contribution in [2.75, 3.05) is 25.4 Å². The number of nitrogens with two attached hydrogens (primary N) is 1. The summed E-state index contributed by atoms with van der Waals surface area (Å²) in [4.78, 5) is 38.9. The average molecular weight is 514 g/mol. The molecular formula is C24H31N7O6. The summed E-state index contributed by atoms with van der Waals surface area (Å²) >= 11 is 0. The molecule has 37 heavy (non-hydrogen) atoms. The first kappa shape index (κ1) is 25.2. The van der Waals surface area contributed by atoms with E-state index in [1.54, 1.807) is 11.8 Å². The van der Waals surface area contributed by atoms with Crippen LogP contribution in [0.25, 0.3) is 11.2 Å². The molecule has 2 amide bonds. The summed E-state index contributed by atoms with van der Waals surface area (Å²) in [5, 5.41) is 23.9. The molecule has 3 fully saturated rings. The molecule has 5 rings (SSSR count). The standard InChI is InChI=1S/C24H31N7O6/c1-2-36-24(35)30-10-8-13(9-11-30)4-3-5-15-28-20(25)16-21(29-15)31(12-26-16)23-18(33)17(32)19(37-23)22(34)27-14-6-7-14/h12-14,17-19,23,32-33H,2,4,6-11H2,1H3,(H,27,34)(H2,25,28,29)/t17-,18?,19?,23?/m1/s1. The first-order valence-electron chi connectivity index (χ1n) is 12.6. The van der Waals surface area contributed by atoms with E-state index in [9.17, 15) is 19.8 Å². The second-order valence-electron chi connectivity index (χ2n) is 9.60. The molecule has 0 radical (unpaired) electrons. The number of likely N-dealkylation sites (tertiary alicyclic amines) is 1. The van der Waals surface area contributed by atoms with Gasteiger partial charge in [-0.25, -0.2) is 19.7 Å². The van der Waals surface area contributed by atoms with Crippen LogP contribution in [0.2, 0.25) is 0 Å². The van der Waals surface area contributed by atoms with Gasteiger partial charge >= 0.3 is 6.09 Å². The highest BCUT2D eigenvalue weighted by molar-refractivity contribution is 5.83. The van der Waals surface area contributed by atoms with E-state index in [1.165, 1.54) is 10.9 Å². The number of carbonyl (C=O) groups is 2. The Balaban J connectivity index is 1.27. The van der Waals surface area contributed by atoms with Gasteiger partial charge in [-0.05, 0) is 44.4 Å². The van der Waals surface area contributed by atoms with Gasteiger partial charge in [0.2, 0.25) is 5.82 Å². The summed E-state index contributed by atoms with van der Waals surface area (Å²) in [6.07, 6.45) is 0.0689. The molecule has 2 saturated heterocycles. The molecule has 5 N–H and O–H groups in total. The molecule has 0 bridgehead atoms. The van der Waals surface area contributed by atoms with E-state index in [4.69, 9.17) is 15.2 Å². The van der Waals surface area contributed by atoms with Crippen molar-refractivity contribution in [1.29, 1.82) is 0 Å². The molecule has 198 valence electrons. The molecule has 2 aliphatic heterocycles. The number of anilines is 1. The van der Waals surface area contributed by atoms with E-state index >= 15 is 0 Å². The van der Waals surface area contributed by atoms with Crippen molar-refractivity contribution in [3.8, 4) is 11.8 Å². The van der Waals surface area contributed by atoms with E-state index in [2.05, 4.69) is 32.1 Å². The van der Waals surface area contributed by atoms with Crippen LogP contribution in [0.1, 0.15) is 51.1 Å². The van der Waals surface area contributed by atoms with Gasteiger partial charge in [0.05, 0.1) is 12.9 Å². The lowest BCUT2D eigenvalue weighted by Gasteiger charge is -2.30. The fraction of sp³-hybridized carbons (Fsp3) is 0.625. The predicted molar refractivity (Wildman–Crippen MR) is 130 cm³/mol. The maximum atomic E-state index is 12.4. The summed E-state index contributed by atoms with van der Waals surface area (Å²) in [7, 11) is 0. The number of imidazole rings is 1. The third-order valence-electron chi connectivity index (χ3n) is 6.87. The number of amides is 2. The molecule has 3 unspecified atom stereocenters. The van der Waals surface area contributed by atoms with Gasteiger partial charge < -0.3 is 35.6 Å². The van der Waals surface area contributed by atoms with Crippen LogP contribution in [0.3, 0.4) is 0 Å². The summed E-state index contributed by atoms with van der Waals surface area (Å²) in [5.74, 6) is 6.24. The third-order valence-corrected chi connectivity index (χ3v) is 6.87. The van der Waals surface area contributed by atoms with Crippen molar-refractivity contribution in [3.05, 3.63) is 12.2 Å². The molecule has 1 aliphatic carbocycles. The predicted octanol–water partition coefficient (Wildman–Crippen LogP) is -0.0836. The number of aliphatic hydroxyl groups is 2. The first-order chi connectivity index (χ1) is 17.9. The van der Waals surface area contributed by atoms with E-state index in [1.807, 2.05) is 0 Å². The van der Waals surface area contributed by atoms with Crippen molar-refractivity contribution in [1.82, 2.24) is 29.7 Å². The van der Waals surface area contributed by atoms with Gasteiger partial charge in [0.15, 0.2) is 23.8 Å². The van der Waals surface area contributed by atoms with E-state index in [0.717, 1.165) is 25.7 Å². The Labute approximate surface area is 213 Å². The Morgan fingerprint density at radius 1 is 1.22 bits per heavy atom. The number of nitrogen functional groups attached to an aromatic ring is 1. The second kappa shape index (κ2) is 10.5. The van der Waals surface area contributed by atoms with Crippen molar-refractivity contribution in [2.24, 2.45) is 5.92 Å². The van der Waals surface area contributed by atoms with E-state index in [0.29, 0.717) is 37.6 Å². The highest BCUT2D eigenvalue weighted by Crippen LogP contribution is 2.33. The molecule has 13 nitrogen and oxygen atoms in total. The van der Waals surface area contributed by atoms with Crippen LogP contribution in [0.4, 0.5) is 10.6 Å². The second-order valence-corrected chi connectivity index (χ2v) is 9.60. The number of aliphatic hydroxyl groups excluding tert-OH is 2. The van der Waals surface area contributed by atoms with Crippen LogP contribution in [-0.4, -0.2) is 90.7 Å². The largest absolute Gasteiger partial charge is 0.450 e. The molecule has 3 aliphatic rings. The topological polar surface area (TPSA) is 178 Å². The van der Waals surface area contributed by atoms with E-state index < -0.39 is 30.4 Å². The van der Waals surface area contributed by atoms with Crippen LogP contribution in [0, 0.1) is 17.8 Å². The zero-order valence-electron chi connectivity index (χ0n) is 20.5. The maximum Gasteiger partial charge on any atom is 0.409 e. The number of hydrogen-bond donors (Lipinski definition) is 4. The Morgan fingerprint density at radius 3 is 2.68 bits per heavy atom. The lowest BCUT2D eigenvalue weighted by molar-refractivity contribution is -0.137. The number of rotatable bonds is 5. The molecule has 2 aromatic rings. The first-order valence-corrected chi connectivity index (χ1v) is 12.6. The number of ether oxygens (including phenoxy) is 2. The molecule has 4 heterocycles. The number of nitrogens with one attached hydrogen (secondary N) is 1. The van der Waals surface area contributed by atoms with Gasteiger partial charge in [0.25, 0.3) is 5.91 Å². The Hall–Kier alpha value is -3.47. The monoisotopic (exact) mass is 513 g/mol. The highest BCUT2D eigenvalue weighted by atomic mass is 16.6. The lowest BCUT2D eigenvalue weighted by Crippen LogP contribution is -2.43. The fourth-order valence-electron chi connectivity index (χ4n) is 4.61. The number of hydrogen-bond acceptors (Lipinski definition) is 10. The number of fused-ring (bicyclic) bond motifs is 1. The smallest absolute Gasteiger partial charge is 0.409 e. The van der Waals surface area contributed by atoms with E-state index in [-0.39, 0.29) is 29.4 Å². The molecular weight excluding hydrogens is 482 g/mol. The summed E-state index contributed by atoms with van der Waals surface area (Å²) in [5.41, 5.74) is 6.67. The lowest BCUT2D eigenvalue weighted by atomic mass is 9.94. The highest BCUT2D eigenvalue weighted by Gasteiger charge is 2.48. The molecule has 0 spiro atoms. The van der Waals surface area contributed by atoms with Crippen LogP contribution in [0.5, 0.6) is 0 Å². The zero-order valence-corrected chi connectivity index (χ0v) is 20.5. The maximum absolute atomic E-state index is 12.4. The van der Waals surface area contributed by atoms with Gasteiger partial charge in [-0.2, -0.15) is 0 Å². The Morgan fingerprint density at radius 2 is 1.97 bits per heavy atom. The number of carbonyl (C=O) groups excluding carboxylic acids is 2. The van der Waals surface area contributed by atoms with Crippen molar-refractivity contribution < 1.29 is 29.3 Å². The number of nitrogens with zero attached hydrogens (tertiary/aromatic N) is 5. The minimum Gasteiger partial charge on any atom is -0.450 e. The zero-order chi connectivity index (χ0) is 26.1.